The van der Waals surface area contributed by atoms with Gasteiger partial charge in [-0.05, 0) is 23.3 Å². The molecule has 0 unspecified atom stereocenters. The zero-order chi connectivity index (χ0) is 14.8. The quantitative estimate of drug-likeness (QED) is 0.817. The van der Waals surface area contributed by atoms with Crippen molar-refractivity contribution in [3.63, 3.8) is 0 Å². The Morgan fingerprint density at radius 1 is 1.10 bits per heavy atom. The van der Waals surface area contributed by atoms with Crippen LogP contribution in [0.1, 0.15) is 23.2 Å². The van der Waals surface area contributed by atoms with Gasteiger partial charge < -0.3 is 5.32 Å². The Hall–Kier alpha value is -2.69. The number of hydrogen-bond acceptors (Lipinski definition) is 3. The molecule has 1 heterocycles. The second-order valence-electron chi connectivity index (χ2n) is 5.00. The Balaban J connectivity index is 1.81. The van der Waals surface area contributed by atoms with Crippen molar-refractivity contribution in [3.05, 3.63) is 48.0 Å². The summed E-state index contributed by atoms with van der Waals surface area (Å²) in [6, 6.07) is 12.2. The van der Waals surface area contributed by atoms with E-state index in [9.17, 15) is 14.4 Å². The van der Waals surface area contributed by atoms with Gasteiger partial charge in [0.05, 0.1) is 0 Å². The average Bonchev–Trinajstić information content (AvgIpc) is 2.93. The molecule has 5 nitrogen and oxygen atoms in total. The molecular weight excluding hydrogens is 268 g/mol. The molecule has 2 aromatic carbocycles. The highest BCUT2D eigenvalue weighted by molar-refractivity contribution is 6.13. The van der Waals surface area contributed by atoms with Gasteiger partial charge in [-0.15, -0.1) is 0 Å². The lowest BCUT2D eigenvalue weighted by molar-refractivity contribution is -0.125. The number of fused-ring (bicyclic) bond motifs is 1. The zero-order valence-electron chi connectivity index (χ0n) is 11.3. The SMILES string of the molecule is O=C1CC[C@@H](C(=O)NC(=O)c2cccc3ccccc23)N1. The molecule has 1 atom stereocenters. The minimum absolute atomic E-state index is 0.159. The van der Waals surface area contributed by atoms with E-state index >= 15 is 0 Å². The predicted molar refractivity (Wildman–Crippen MR) is 77.6 cm³/mol. The van der Waals surface area contributed by atoms with Gasteiger partial charge in [0.25, 0.3) is 5.91 Å². The fourth-order valence-electron chi connectivity index (χ4n) is 2.50. The van der Waals surface area contributed by atoms with Gasteiger partial charge in [0.1, 0.15) is 6.04 Å². The molecule has 0 aromatic heterocycles. The van der Waals surface area contributed by atoms with E-state index in [2.05, 4.69) is 10.6 Å². The third-order valence-electron chi connectivity index (χ3n) is 3.58. The molecule has 1 aliphatic heterocycles. The van der Waals surface area contributed by atoms with Gasteiger partial charge in [0.2, 0.25) is 11.8 Å². The summed E-state index contributed by atoms with van der Waals surface area (Å²) in [6.45, 7) is 0. The molecule has 2 aromatic rings. The van der Waals surface area contributed by atoms with E-state index in [0.717, 1.165) is 10.8 Å². The van der Waals surface area contributed by atoms with Gasteiger partial charge in [-0.2, -0.15) is 0 Å². The number of nitrogens with one attached hydrogen (secondary N) is 2. The molecule has 21 heavy (non-hydrogen) atoms. The van der Waals surface area contributed by atoms with Crippen molar-refractivity contribution in [2.75, 3.05) is 0 Å². The van der Waals surface area contributed by atoms with E-state index < -0.39 is 17.9 Å². The molecule has 1 fully saturated rings. The largest absolute Gasteiger partial charge is 0.344 e. The summed E-state index contributed by atoms with van der Waals surface area (Å²) in [5.74, 6) is -1.07. The lowest BCUT2D eigenvalue weighted by Gasteiger charge is -2.11. The summed E-state index contributed by atoms with van der Waals surface area (Å²) in [5, 5.41) is 6.63. The Kier molecular flexibility index (Phi) is 3.39. The second-order valence-corrected chi connectivity index (χ2v) is 5.00. The van der Waals surface area contributed by atoms with Crippen LogP contribution in [-0.2, 0) is 9.59 Å². The average molecular weight is 282 g/mol. The number of carbonyl (C=O) groups excluding carboxylic acids is 3. The van der Waals surface area contributed by atoms with Gasteiger partial charge in [0.15, 0.2) is 0 Å². The summed E-state index contributed by atoms with van der Waals surface area (Å²) in [7, 11) is 0. The first-order chi connectivity index (χ1) is 10.1. The molecular formula is C16H14N2O3. The number of imide groups is 1. The van der Waals surface area contributed by atoms with Gasteiger partial charge in [-0.3, -0.25) is 19.7 Å². The maximum Gasteiger partial charge on any atom is 0.258 e. The summed E-state index contributed by atoms with van der Waals surface area (Å²) in [5.41, 5.74) is 0.450. The number of rotatable bonds is 2. The lowest BCUT2D eigenvalue weighted by atomic mass is 10.0. The van der Waals surface area contributed by atoms with E-state index in [1.54, 1.807) is 12.1 Å². The molecule has 5 heteroatoms. The maximum atomic E-state index is 12.3. The standard InChI is InChI=1S/C16H14N2O3/c19-14-9-8-13(17-14)16(21)18-15(20)12-7-3-5-10-4-1-2-6-11(10)12/h1-7,13H,8-9H2,(H,17,19)(H,18,20,21)/t13-/m0/s1. The Morgan fingerprint density at radius 3 is 2.62 bits per heavy atom. The van der Waals surface area contributed by atoms with Crippen LogP contribution in [0.4, 0.5) is 0 Å². The van der Waals surface area contributed by atoms with Crippen molar-refractivity contribution in [1.29, 1.82) is 0 Å². The Morgan fingerprint density at radius 2 is 1.86 bits per heavy atom. The fraction of sp³-hybridized carbons (Fsp3) is 0.188. The normalized spacial score (nSPS) is 17.5. The van der Waals surface area contributed by atoms with Crippen molar-refractivity contribution >= 4 is 28.5 Å². The maximum absolute atomic E-state index is 12.3. The van der Waals surface area contributed by atoms with E-state index in [-0.39, 0.29) is 5.91 Å². The third-order valence-corrected chi connectivity index (χ3v) is 3.58. The van der Waals surface area contributed by atoms with Crippen molar-refractivity contribution in [2.24, 2.45) is 0 Å². The number of benzene rings is 2. The summed E-state index contributed by atoms with van der Waals surface area (Å²) >= 11 is 0. The Bertz CT molecular complexity index is 734. The van der Waals surface area contributed by atoms with E-state index in [4.69, 9.17) is 0 Å². The van der Waals surface area contributed by atoms with Crippen LogP contribution in [0, 0.1) is 0 Å². The first kappa shape index (κ1) is 13.3. The molecule has 0 bridgehead atoms. The van der Waals surface area contributed by atoms with E-state index in [1.807, 2.05) is 30.3 Å². The minimum atomic E-state index is -0.614. The predicted octanol–water partition coefficient (Wildman–Crippen LogP) is 1.37. The molecule has 106 valence electrons. The number of amides is 3. The summed E-state index contributed by atoms with van der Waals surface area (Å²) < 4.78 is 0. The third kappa shape index (κ3) is 2.63. The summed E-state index contributed by atoms with van der Waals surface area (Å²) in [4.78, 5) is 35.3. The molecule has 1 saturated heterocycles. The van der Waals surface area contributed by atoms with Crippen LogP contribution >= 0.6 is 0 Å². The molecule has 0 radical (unpaired) electrons. The molecule has 2 N–H and O–H groups in total. The van der Waals surface area contributed by atoms with Gasteiger partial charge in [-0.25, -0.2) is 0 Å². The summed E-state index contributed by atoms with van der Waals surface area (Å²) in [6.07, 6.45) is 0.744. The number of carbonyl (C=O) groups is 3. The van der Waals surface area contributed by atoms with Crippen LogP contribution in [0.25, 0.3) is 10.8 Å². The lowest BCUT2D eigenvalue weighted by Crippen LogP contribution is -2.44. The topological polar surface area (TPSA) is 75.3 Å². The second kappa shape index (κ2) is 5.36. The van der Waals surface area contributed by atoms with E-state index in [1.165, 1.54) is 0 Å². The van der Waals surface area contributed by atoms with Crippen molar-refractivity contribution in [1.82, 2.24) is 10.6 Å². The first-order valence-corrected chi connectivity index (χ1v) is 6.77. The highest BCUT2D eigenvalue weighted by atomic mass is 16.2. The van der Waals surface area contributed by atoms with Gasteiger partial charge in [-0.1, -0.05) is 36.4 Å². The van der Waals surface area contributed by atoms with Gasteiger partial charge >= 0.3 is 0 Å². The monoisotopic (exact) mass is 282 g/mol. The number of hydrogen-bond donors (Lipinski definition) is 2. The van der Waals surface area contributed by atoms with Crippen LogP contribution in [-0.4, -0.2) is 23.8 Å². The molecule has 3 amide bonds. The highest BCUT2D eigenvalue weighted by Crippen LogP contribution is 2.18. The minimum Gasteiger partial charge on any atom is -0.344 e. The van der Waals surface area contributed by atoms with Crippen LogP contribution < -0.4 is 10.6 Å². The van der Waals surface area contributed by atoms with Crippen LogP contribution in [0.5, 0.6) is 0 Å². The molecule has 0 spiro atoms. The Labute approximate surface area is 121 Å². The molecule has 1 aliphatic rings. The highest BCUT2D eigenvalue weighted by Gasteiger charge is 2.28. The van der Waals surface area contributed by atoms with Crippen LogP contribution in [0.15, 0.2) is 42.5 Å². The van der Waals surface area contributed by atoms with Crippen molar-refractivity contribution < 1.29 is 14.4 Å². The van der Waals surface area contributed by atoms with Crippen molar-refractivity contribution in [3.8, 4) is 0 Å². The molecule has 0 aliphatic carbocycles. The zero-order valence-corrected chi connectivity index (χ0v) is 11.3. The van der Waals surface area contributed by atoms with Crippen LogP contribution in [0.3, 0.4) is 0 Å². The van der Waals surface area contributed by atoms with Crippen LogP contribution in [0.2, 0.25) is 0 Å². The molecule has 0 saturated carbocycles. The smallest absolute Gasteiger partial charge is 0.258 e. The van der Waals surface area contributed by atoms with Gasteiger partial charge in [0, 0.05) is 12.0 Å². The van der Waals surface area contributed by atoms with E-state index in [0.29, 0.717) is 18.4 Å². The molecule has 3 rings (SSSR count). The fourth-order valence-corrected chi connectivity index (χ4v) is 2.50. The van der Waals surface area contributed by atoms with Crippen molar-refractivity contribution in [2.45, 2.75) is 18.9 Å². The first-order valence-electron chi connectivity index (χ1n) is 6.77.